The van der Waals surface area contributed by atoms with Crippen LogP contribution < -0.4 is 0 Å². The molecule has 0 saturated carbocycles. The molecule has 1 aromatic rings. The van der Waals surface area contributed by atoms with Gasteiger partial charge in [-0.25, -0.2) is 0 Å². The topological polar surface area (TPSA) is 55.8 Å². The van der Waals surface area contributed by atoms with E-state index in [2.05, 4.69) is 0 Å². The van der Waals surface area contributed by atoms with Crippen molar-refractivity contribution in [2.45, 2.75) is 13.3 Å². The van der Waals surface area contributed by atoms with Gasteiger partial charge in [-0.2, -0.15) is 0 Å². The van der Waals surface area contributed by atoms with Crippen molar-refractivity contribution >= 4 is 5.78 Å². The van der Waals surface area contributed by atoms with Crippen molar-refractivity contribution in [3.8, 4) is 0 Å². The highest BCUT2D eigenvalue weighted by molar-refractivity contribution is 5.94. The van der Waals surface area contributed by atoms with Crippen LogP contribution in [0.2, 0.25) is 0 Å². The van der Waals surface area contributed by atoms with Gasteiger partial charge in [-0.3, -0.25) is 4.79 Å². The molecule has 0 fully saturated rings. The molecular weight excluding hydrogens is 232 g/mol. The number of aliphatic hydroxyl groups is 1. The highest BCUT2D eigenvalue weighted by Gasteiger charge is 2.00. The first-order valence-electron chi connectivity index (χ1n) is 6.10. The summed E-state index contributed by atoms with van der Waals surface area (Å²) in [7, 11) is 0. The molecule has 0 aliphatic heterocycles. The van der Waals surface area contributed by atoms with Gasteiger partial charge in [0.25, 0.3) is 0 Å². The van der Waals surface area contributed by atoms with Gasteiger partial charge in [-0.15, -0.1) is 0 Å². The molecule has 4 nitrogen and oxygen atoms in total. The third-order valence-corrected chi connectivity index (χ3v) is 2.48. The summed E-state index contributed by atoms with van der Waals surface area (Å²) in [6, 6.07) is 7.58. The van der Waals surface area contributed by atoms with Crippen LogP contribution in [-0.4, -0.2) is 43.9 Å². The van der Waals surface area contributed by atoms with Crippen LogP contribution in [0.4, 0.5) is 0 Å². The Kier molecular flexibility index (Phi) is 7.25. The minimum atomic E-state index is 0.0395. The maximum absolute atomic E-state index is 11.2. The van der Waals surface area contributed by atoms with E-state index in [0.717, 1.165) is 17.5 Å². The maximum Gasteiger partial charge on any atom is 0.159 e. The van der Waals surface area contributed by atoms with E-state index < -0.39 is 0 Å². The molecule has 0 aromatic heterocycles. The van der Waals surface area contributed by atoms with Crippen LogP contribution in [0.15, 0.2) is 24.3 Å². The summed E-state index contributed by atoms with van der Waals surface area (Å²) in [6.07, 6.45) is 0.779. The fourth-order valence-corrected chi connectivity index (χ4v) is 1.52. The van der Waals surface area contributed by atoms with E-state index in [-0.39, 0.29) is 12.4 Å². The van der Waals surface area contributed by atoms with Gasteiger partial charge < -0.3 is 14.6 Å². The van der Waals surface area contributed by atoms with Gasteiger partial charge in [-0.05, 0) is 25.0 Å². The van der Waals surface area contributed by atoms with Gasteiger partial charge in [0.1, 0.15) is 0 Å². The third-order valence-electron chi connectivity index (χ3n) is 2.48. The van der Waals surface area contributed by atoms with Gasteiger partial charge in [0.05, 0.1) is 33.0 Å². The molecule has 0 saturated heterocycles. The molecule has 0 aliphatic rings. The largest absolute Gasteiger partial charge is 0.394 e. The highest BCUT2D eigenvalue weighted by Crippen LogP contribution is 2.06. The molecule has 0 heterocycles. The average Bonchev–Trinajstić information content (AvgIpc) is 2.38. The SMILES string of the molecule is CC(=O)c1cccc(CCOCCOCCO)c1. The molecule has 0 amide bonds. The number of benzene rings is 1. The van der Waals surface area contributed by atoms with Crippen molar-refractivity contribution in [3.63, 3.8) is 0 Å². The smallest absolute Gasteiger partial charge is 0.159 e. The normalized spacial score (nSPS) is 10.6. The predicted octanol–water partition coefficient (Wildman–Crippen LogP) is 1.46. The van der Waals surface area contributed by atoms with Crippen molar-refractivity contribution in [1.29, 1.82) is 0 Å². The van der Waals surface area contributed by atoms with E-state index in [9.17, 15) is 4.79 Å². The molecule has 0 radical (unpaired) electrons. The van der Waals surface area contributed by atoms with Crippen molar-refractivity contribution in [2.75, 3.05) is 33.0 Å². The molecule has 0 unspecified atom stereocenters. The Hall–Kier alpha value is -1.23. The summed E-state index contributed by atoms with van der Waals surface area (Å²) in [4.78, 5) is 11.2. The number of aliphatic hydroxyl groups excluding tert-OH is 1. The Morgan fingerprint density at radius 2 is 1.89 bits per heavy atom. The fraction of sp³-hybridized carbons (Fsp3) is 0.500. The van der Waals surface area contributed by atoms with Crippen LogP contribution in [0.3, 0.4) is 0 Å². The molecule has 18 heavy (non-hydrogen) atoms. The van der Waals surface area contributed by atoms with Crippen LogP contribution in [0.1, 0.15) is 22.8 Å². The zero-order valence-corrected chi connectivity index (χ0v) is 10.7. The summed E-state index contributed by atoms with van der Waals surface area (Å²) in [5, 5.41) is 8.50. The minimum absolute atomic E-state index is 0.0395. The molecule has 0 atom stereocenters. The third kappa shape index (κ3) is 5.91. The summed E-state index contributed by atoms with van der Waals surface area (Å²) in [5.41, 5.74) is 1.83. The van der Waals surface area contributed by atoms with Crippen LogP contribution in [0, 0.1) is 0 Å². The summed E-state index contributed by atoms with van der Waals surface area (Å²) in [5.74, 6) is 0.0789. The highest BCUT2D eigenvalue weighted by atomic mass is 16.5. The van der Waals surface area contributed by atoms with E-state index in [4.69, 9.17) is 14.6 Å². The van der Waals surface area contributed by atoms with Crippen molar-refractivity contribution in [3.05, 3.63) is 35.4 Å². The fourth-order valence-electron chi connectivity index (χ4n) is 1.52. The first-order valence-corrected chi connectivity index (χ1v) is 6.10. The Morgan fingerprint density at radius 1 is 1.17 bits per heavy atom. The summed E-state index contributed by atoms with van der Waals surface area (Å²) in [6.45, 7) is 3.57. The zero-order valence-electron chi connectivity index (χ0n) is 10.7. The average molecular weight is 252 g/mol. The number of rotatable bonds is 9. The first kappa shape index (κ1) is 14.8. The Morgan fingerprint density at radius 3 is 2.56 bits per heavy atom. The van der Waals surface area contributed by atoms with E-state index in [1.165, 1.54) is 0 Å². The maximum atomic E-state index is 11.2. The predicted molar refractivity (Wildman–Crippen MR) is 68.9 cm³/mol. The lowest BCUT2D eigenvalue weighted by molar-refractivity contribution is 0.0340. The lowest BCUT2D eigenvalue weighted by atomic mass is 10.1. The standard InChI is InChI=1S/C14H20O4/c1-12(16)14-4-2-3-13(11-14)5-7-17-9-10-18-8-6-15/h2-4,11,15H,5-10H2,1H3. The summed E-state index contributed by atoms with van der Waals surface area (Å²) >= 11 is 0. The number of carbonyl (C=O) groups excluding carboxylic acids is 1. The Balaban J connectivity index is 2.19. The van der Waals surface area contributed by atoms with E-state index in [1.807, 2.05) is 24.3 Å². The molecule has 0 aliphatic carbocycles. The molecule has 1 N–H and O–H groups in total. The number of ether oxygens (including phenoxy) is 2. The molecular formula is C14H20O4. The molecule has 1 aromatic carbocycles. The van der Waals surface area contributed by atoms with Gasteiger partial charge in [0.15, 0.2) is 5.78 Å². The van der Waals surface area contributed by atoms with E-state index in [0.29, 0.717) is 26.4 Å². The lowest BCUT2D eigenvalue weighted by Gasteiger charge is -2.06. The number of hydrogen-bond donors (Lipinski definition) is 1. The van der Waals surface area contributed by atoms with Crippen LogP contribution in [0.25, 0.3) is 0 Å². The molecule has 100 valence electrons. The zero-order chi connectivity index (χ0) is 13.2. The van der Waals surface area contributed by atoms with Crippen LogP contribution in [-0.2, 0) is 15.9 Å². The molecule has 4 heteroatoms. The monoisotopic (exact) mass is 252 g/mol. The summed E-state index contributed by atoms with van der Waals surface area (Å²) < 4.78 is 10.5. The van der Waals surface area contributed by atoms with Gasteiger partial charge in [0.2, 0.25) is 0 Å². The second-order valence-electron chi connectivity index (χ2n) is 3.95. The van der Waals surface area contributed by atoms with Crippen molar-refractivity contribution < 1.29 is 19.4 Å². The minimum Gasteiger partial charge on any atom is -0.394 e. The number of hydrogen-bond acceptors (Lipinski definition) is 4. The number of Topliss-reactive ketones (excluding diaryl/α,β-unsaturated/α-hetero) is 1. The van der Waals surface area contributed by atoms with Crippen molar-refractivity contribution in [2.24, 2.45) is 0 Å². The van der Waals surface area contributed by atoms with Crippen molar-refractivity contribution in [1.82, 2.24) is 0 Å². The second-order valence-corrected chi connectivity index (χ2v) is 3.95. The van der Waals surface area contributed by atoms with Crippen LogP contribution in [0.5, 0.6) is 0 Å². The van der Waals surface area contributed by atoms with E-state index in [1.54, 1.807) is 6.92 Å². The lowest BCUT2D eigenvalue weighted by Crippen LogP contribution is -2.09. The molecule has 1 rings (SSSR count). The molecule has 0 bridgehead atoms. The Labute approximate surface area is 108 Å². The van der Waals surface area contributed by atoms with Gasteiger partial charge in [-0.1, -0.05) is 18.2 Å². The first-order chi connectivity index (χ1) is 8.74. The number of carbonyl (C=O) groups is 1. The Bertz CT molecular complexity index is 363. The number of ketones is 1. The second kappa shape index (κ2) is 8.80. The van der Waals surface area contributed by atoms with Gasteiger partial charge in [0, 0.05) is 5.56 Å². The quantitative estimate of drug-likeness (QED) is 0.534. The van der Waals surface area contributed by atoms with Crippen LogP contribution >= 0.6 is 0 Å². The van der Waals surface area contributed by atoms with E-state index >= 15 is 0 Å². The van der Waals surface area contributed by atoms with Gasteiger partial charge >= 0.3 is 0 Å². The molecule has 0 spiro atoms.